The number of esters is 1. The molecular formula is C21H23F3N6O4S. The maximum atomic E-state index is 13.0. The van der Waals surface area contributed by atoms with Gasteiger partial charge in [-0.25, -0.2) is 13.4 Å². The van der Waals surface area contributed by atoms with Gasteiger partial charge in [0, 0.05) is 37.4 Å². The standard InChI is InChI=1S/C21H23F3N6O4S/c1-3-34-18(31)12-17-14(2)27-20-25-13-26-30(20)19(17)28-8-10-29(11-9-28)35(32,33)16-6-4-15(5-7-16)21(22,23)24/h4-7,13H,3,8-12H2,1-2H3. The molecule has 1 fully saturated rings. The highest BCUT2D eigenvalue weighted by atomic mass is 32.2. The van der Waals surface area contributed by atoms with E-state index in [1.807, 2.05) is 4.90 Å². The Balaban J connectivity index is 1.58. The molecule has 0 unspecified atom stereocenters. The van der Waals surface area contributed by atoms with E-state index in [0.29, 0.717) is 22.9 Å². The first kappa shape index (κ1) is 24.9. The number of fused-ring (bicyclic) bond motifs is 1. The van der Waals surface area contributed by atoms with Crippen LogP contribution in [0, 0.1) is 6.92 Å². The number of carbonyl (C=O) groups excluding carboxylic acids is 1. The van der Waals surface area contributed by atoms with Crippen LogP contribution in [0.3, 0.4) is 0 Å². The van der Waals surface area contributed by atoms with Crippen LogP contribution in [0.4, 0.5) is 19.0 Å². The predicted octanol–water partition coefficient (Wildman–Crippen LogP) is 2.07. The largest absolute Gasteiger partial charge is 0.466 e. The van der Waals surface area contributed by atoms with Gasteiger partial charge >= 0.3 is 12.1 Å². The Morgan fingerprint density at radius 3 is 2.37 bits per heavy atom. The fraction of sp³-hybridized carbons (Fsp3) is 0.429. The van der Waals surface area contributed by atoms with Crippen LogP contribution in [-0.4, -0.2) is 71.1 Å². The molecule has 2 aromatic heterocycles. The van der Waals surface area contributed by atoms with E-state index in [1.165, 1.54) is 15.1 Å². The molecule has 0 atom stereocenters. The van der Waals surface area contributed by atoms with Gasteiger partial charge in [0.1, 0.15) is 12.1 Å². The van der Waals surface area contributed by atoms with Gasteiger partial charge < -0.3 is 9.64 Å². The Morgan fingerprint density at radius 1 is 1.11 bits per heavy atom. The smallest absolute Gasteiger partial charge is 0.416 e. The molecule has 1 aromatic carbocycles. The number of carbonyl (C=O) groups is 1. The summed E-state index contributed by atoms with van der Waals surface area (Å²) in [7, 11) is -3.99. The molecule has 3 heterocycles. The number of ether oxygens (including phenoxy) is 1. The second kappa shape index (κ2) is 9.41. The third-order valence-electron chi connectivity index (χ3n) is 5.69. The summed E-state index contributed by atoms with van der Waals surface area (Å²) in [6.45, 7) is 4.37. The summed E-state index contributed by atoms with van der Waals surface area (Å²) in [5.41, 5.74) is 0.258. The molecule has 35 heavy (non-hydrogen) atoms. The van der Waals surface area contributed by atoms with Crippen LogP contribution < -0.4 is 4.90 Å². The van der Waals surface area contributed by atoms with Crippen molar-refractivity contribution in [2.75, 3.05) is 37.7 Å². The van der Waals surface area contributed by atoms with Crippen molar-refractivity contribution in [2.24, 2.45) is 0 Å². The second-order valence-electron chi connectivity index (χ2n) is 7.87. The number of hydrogen-bond acceptors (Lipinski definition) is 8. The first-order chi connectivity index (χ1) is 16.5. The van der Waals surface area contributed by atoms with E-state index in [1.54, 1.807) is 13.8 Å². The summed E-state index contributed by atoms with van der Waals surface area (Å²) in [5.74, 6) is 0.483. The lowest BCUT2D eigenvalue weighted by atomic mass is 10.1. The van der Waals surface area contributed by atoms with Crippen LogP contribution in [0.15, 0.2) is 35.5 Å². The van der Waals surface area contributed by atoms with Crippen molar-refractivity contribution < 1.29 is 31.1 Å². The zero-order chi connectivity index (χ0) is 25.4. The van der Waals surface area contributed by atoms with E-state index in [9.17, 15) is 26.4 Å². The lowest BCUT2D eigenvalue weighted by Gasteiger charge is -2.36. The van der Waals surface area contributed by atoms with E-state index < -0.39 is 27.7 Å². The van der Waals surface area contributed by atoms with Gasteiger partial charge in [-0.2, -0.15) is 32.1 Å². The quantitative estimate of drug-likeness (QED) is 0.462. The van der Waals surface area contributed by atoms with Crippen molar-refractivity contribution in [3.05, 3.63) is 47.4 Å². The lowest BCUT2D eigenvalue weighted by molar-refractivity contribution is -0.142. The molecule has 0 spiro atoms. The molecule has 1 aliphatic heterocycles. The van der Waals surface area contributed by atoms with E-state index in [2.05, 4.69) is 15.1 Å². The van der Waals surface area contributed by atoms with Crippen LogP contribution in [0.25, 0.3) is 5.78 Å². The summed E-state index contributed by atoms with van der Waals surface area (Å²) in [4.78, 5) is 22.4. The van der Waals surface area contributed by atoms with Crippen molar-refractivity contribution in [2.45, 2.75) is 31.3 Å². The fourth-order valence-corrected chi connectivity index (χ4v) is 5.38. The van der Waals surface area contributed by atoms with Gasteiger partial charge in [-0.3, -0.25) is 4.79 Å². The van der Waals surface area contributed by atoms with Crippen LogP contribution >= 0.6 is 0 Å². The number of nitrogens with zero attached hydrogens (tertiary/aromatic N) is 6. The number of piperazine rings is 1. The van der Waals surface area contributed by atoms with E-state index in [4.69, 9.17) is 4.74 Å². The van der Waals surface area contributed by atoms with Crippen LogP contribution in [0.5, 0.6) is 0 Å². The number of alkyl halides is 3. The Morgan fingerprint density at radius 2 is 1.77 bits per heavy atom. The first-order valence-electron chi connectivity index (χ1n) is 10.8. The van der Waals surface area contributed by atoms with Crippen molar-refractivity contribution in [1.29, 1.82) is 0 Å². The molecule has 3 aromatic rings. The molecule has 0 saturated carbocycles. The molecule has 0 aliphatic carbocycles. The topological polar surface area (TPSA) is 110 Å². The lowest BCUT2D eigenvalue weighted by Crippen LogP contribution is -2.49. The Bertz CT molecular complexity index is 1330. The van der Waals surface area contributed by atoms with Gasteiger partial charge in [0.15, 0.2) is 0 Å². The SMILES string of the molecule is CCOC(=O)Cc1c(C)nc2ncnn2c1N1CCN(S(=O)(=O)c2ccc(C(F)(F)F)cc2)CC1. The van der Waals surface area contributed by atoms with Crippen molar-refractivity contribution in [3.8, 4) is 0 Å². The maximum Gasteiger partial charge on any atom is 0.416 e. The normalized spacial score (nSPS) is 15.5. The number of benzene rings is 1. The zero-order valence-electron chi connectivity index (χ0n) is 19.0. The van der Waals surface area contributed by atoms with Crippen molar-refractivity contribution in [3.63, 3.8) is 0 Å². The summed E-state index contributed by atoms with van der Waals surface area (Å²) in [6, 6.07) is 3.44. The minimum Gasteiger partial charge on any atom is -0.466 e. The van der Waals surface area contributed by atoms with Crippen LogP contribution in [0.1, 0.15) is 23.7 Å². The minimum atomic E-state index is -4.55. The highest BCUT2D eigenvalue weighted by Crippen LogP contribution is 2.31. The van der Waals surface area contributed by atoms with Gasteiger partial charge in [0.2, 0.25) is 10.0 Å². The number of rotatable bonds is 6. The number of halogens is 3. The van der Waals surface area contributed by atoms with Crippen LogP contribution in [-0.2, 0) is 32.2 Å². The number of aromatic nitrogens is 4. The summed E-state index contributed by atoms with van der Waals surface area (Å²) < 4.78 is 72.4. The van der Waals surface area contributed by atoms with E-state index in [0.717, 1.165) is 24.3 Å². The van der Waals surface area contributed by atoms with Gasteiger partial charge in [0.25, 0.3) is 5.78 Å². The van der Waals surface area contributed by atoms with Gasteiger partial charge in [-0.05, 0) is 38.1 Å². The average molecular weight is 513 g/mol. The summed E-state index contributed by atoms with van der Waals surface area (Å²) in [5, 5.41) is 4.22. The number of sulfonamides is 1. The third kappa shape index (κ3) is 4.93. The molecular weight excluding hydrogens is 489 g/mol. The van der Waals surface area contributed by atoms with E-state index >= 15 is 0 Å². The Kier molecular flexibility index (Phi) is 6.68. The molecule has 0 radical (unpaired) electrons. The Hall–Kier alpha value is -3.26. The van der Waals surface area contributed by atoms with Crippen LogP contribution in [0.2, 0.25) is 0 Å². The third-order valence-corrected chi connectivity index (χ3v) is 7.60. The van der Waals surface area contributed by atoms with Crippen molar-refractivity contribution in [1.82, 2.24) is 23.9 Å². The predicted molar refractivity (Wildman–Crippen MR) is 118 cm³/mol. The number of hydrogen-bond donors (Lipinski definition) is 0. The minimum absolute atomic E-state index is 0.0398. The summed E-state index contributed by atoms with van der Waals surface area (Å²) >= 11 is 0. The molecule has 14 heteroatoms. The fourth-order valence-electron chi connectivity index (χ4n) is 3.96. The summed E-state index contributed by atoms with van der Waals surface area (Å²) in [6.07, 6.45) is -3.25. The molecule has 0 bridgehead atoms. The highest BCUT2D eigenvalue weighted by molar-refractivity contribution is 7.89. The molecule has 1 aliphatic rings. The zero-order valence-corrected chi connectivity index (χ0v) is 19.8. The molecule has 10 nitrogen and oxygen atoms in total. The van der Waals surface area contributed by atoms with Gasteiger partial charge in [-0.1, -0.05) is 0 Å². The maximum absolute atomic E-state index is 13.0. The van der Waals surface area contributed by atoms with E-state index in [-0.39, 0.29) is 44.1 Å². The highest BCUT2D eigenvalue weighted by Gasteiger charge is 2.33. The number of anilines is 1. The van der Waals surface area contributed by atoms with Gasteiger partial charge in [-0.15, -0.1) is 0 Å². The second-order valence-corrected chi connectivity index (χ2v) is 9.80. The average Bonchev–Trinajstić information content (AvgIpc) is 3.27. The molecule has 188 valence electrons. The molecule has 0 amide bonds. The molecule has 1 saturated heterocycles. The first-order valence-corrected chi connectivity index (χ1v) is 12.2. The molecule has 4 rings (SSSR count). The van der Waals surface area contributed by atoms with Gasteiger partial charge in [0.05, 0.1) is 23.5 Å². The Labute approximate surface area is 199 Å². The monoisotopic (exact) mass is 512 g/mol. The number of aryl methyl sites for hydroxylation is 1. The molecule has 0 N–H and O–H groups in total. The van der Waals surface area contributed by atoms with Crippen molar-refractivity contribution >= 4 is 27.6 Å².